The Hall–Kier alpha value is -1.10. The van der Waals surface area contributed by atoms with Gasteiger partial charge in [0.2, 0.25) is 11.8 Å². The minimum absolute atomic E-state index is 0.128. The molecule has 0 bridgehead atoms. The highest BCUT2D eigenvalue weighted by atomic mass is 16.3. The van der Waals surface area contributed by atoms with Crippen LogP contribution in [0.2, 0.25) is 0 Å². The van der Waals surface area contributed by atoms with Crippen molar-refractivity contribution in [2.45, 2.75) is 57.6 Å². The van der Waals surface area contributed by atoms with Crippen LogP contribution < -0.4 is 5.32 Å². The van der Waals surface area contributed by atoms with Crippen LogP contribution >= 0.6 is 0 Å². The van der Waals surface area contributed by atoms with Gasteiger partial charge in [0.05, 0.1) is 12.1 Å². The molecule has 3 fully saturated rings. The minimum atomic E-state index is -0.590. The van der Waals surface area contributed by atoms with Crippen molar-refractivity contribution in [2.24, 2.45) is 17.8 Å². The number of nitrogens with zero attached hydrogens (tertiary/aromatic N) is 1. The first-order chi connectivity index (χ1) is 10.0. The Morgan fingerprint density at radius 2 is 1.71 bits per heavy atom. The lowest BCUT2D eigenvalue weighted by Gasteiger charge is -2.22. The van der Waals surface area contributed by atoms with Crippen molar-refractivity contribution >= 4 is 11.8 Å². The highest BCUT2D eigenvalue weighted by molar-refractivity contribution is 5.80. The maximum Gasteiger partial charge on any atom is 0.225 e. The number of hydrogen-bond donors (Lipinski definition) is 2. The van der Waals surface area contributed by atoms with Crippen LogP contribution in [0.4, 0.5) is 0 Å². The summed E-state index contributed by atoms with van der Waals surface area (Å²) in [5.74, 6) is 1.31. The summed E-state index contributed by atoms with van der Waals surface area (Å²) >= 11 is 0. The largest absolute Gasteiger partial charge is 0.391 e. The molecule has 1 aliphatic heterocycles. The van der Waals surface area contributed by atoms with Crippen molar-refractivity contribution in [1.82, 2.24) is 10.2 Å². The number of aliphatic hydroxyl groups is 1. The van der Waals surface area contributed by atoms with E-state index in [0.29, 0.717) is 24.7 Å². The molecule has 5 nitrogen and oxygen atoms in total. The third-order valence-corrected chi connectivity index (χ3v) is 5.55. The van der Waals surface area contributed by atoms with E-state index in [9.17, 15) is 14.7 Å². The molecular weight excluding hydrogens is 268 g/mol. The normalized spacial score (nSPS) is 39.1. The van der Waals surface area contributed by atoms with Gasteiger partial charge in [-0.3, -0.25) is 9.59 Å². The Morgan fingerprint density at radius 1 is 1.10 bits per heavy atom. The molecule has 118 valence electrons. The van der Waals surface area contributed by atoms with Crippen molar-refractivity contribution in [1.29, 1.82) is 0 Å². The van der Waals surface area contributed by atoms with E-state index in [0.717, 1.165) is 13.1 Å². The summed E-state index contributed by atoms with van der Waals surface area (Å²) in [5.41, 5.74) is 0. The highest BCUT2D eigenvalue weighted by Gasteiger charge is 2.42. The second-order valence-corrected chi connectivity index (χ2v) is 7.09. The Bertz CT molecular complexity index is 412. The standard InChI is InChI=1S/C16H26N2O3/c1-10(19)17-14-6-13(7-15(14)20)16(21)18-8-11-4-2-3-5-12(11)9-18/h11-15,20H,2-9H2,1H3,(H,17,19)/t11-,12+,13-,14-,15-/m0/s1. The third-order valence-electron chi connectivity index (χ3n) is 5.55. The highest BCUT2D eigenvalue weighted by Crippen LogP contribution is 2.38. The molecule has 2 saturated carbocycles. The van der Waals surface area contributed by atoms with E-state index in [1.807, 2.05) is 4.90 Å². The van der Waals surface area contributed by atoms with Crippen LogP contribution in [0, 0.1) is 17.8 Å². The molecule has 1 saturated heterocycles. The molecule has 5 heteroatoms. The molecule has 0 unspecified atom stereocenters. The number of carbonyl (C=O) groups is 2. The molecular formula is C16H26N2O3. The van der Waals surface area contributed by atoms with E-state index in [-0.39, 0.29) is 23.8 Å². The summed E-state index contributed by atoms with van der Waals surface area (Å²) in [6, 6.07) is -0.263. The van der Waals surface area contributed by atoms with Gasteiger partial charge >= 0.3 is 0 Å². The number of likely N-dealkylation sites (tertiary alicyclic amines) is 1. The average molecular weight is 294 g/mol. The molecule has 21 heavy (non-hydrogen) atoms. The molecule has 0 aromatic rings. The number of rotatable bonds is 2. The van der Waals surface area contributed by atoms with Crippen molar-refractivity contribution in [3.8, 4) is 0 Å². The number of nitrogens with one attached hydrogen (secondary N) is 1. The lowest BCUT2D eigenvalue weighted by atomic mass is 9.82. The zero-order chi connectivity index (χ0) is 15.0. The summed E-state index contributed by atoms with van der Waals surface area (Å²) < 4.78 is 0. The van der Waals surface area contributed by atoms with Crippen molar-refractivity contribution < 1.29 is 14.7 Å². The van der Waals surface area contributed by atoms with E-state index in [1.165, 1.54) is 32.6 Å². The van der Waals surface area contributed by atoms with Gasteiger partial charge in [-0.15, -0.1) is 0 Å². The quantitative estimate of drug-likeness (QED) is 0.795. The summed E-state index contributed by atoms with van der Waals surface area (Å²) in [5, 5.41) is 12.8. The summed E-state index contributed by atoms with van der Waals surface area (Å²) in [6.07, 6.45) is 5.59. The van der Waals surface area contributed by atoms with E-state index in [1.54, 1.807) is 0 Å². The average Bonchev–Trinajstić information content (AvgIpc) is 3.02. The van der Waals surface area contributed by atoms with Crippen molar-refractivity contribution in [3.63, 3.8) is 0 Å². The monoisotopic (exact) mass is 294 g/mol. The minimum Gasteiger partial charge on any atom is -0.391 e. The first kappa shape index (κ1) is 14.8. The van der Waals surface area contributed by atoms with Crippen molar-refractivity contribution in [2.75, 3.05) is 13.1 Å². The summed E-state index contributed by atoms with van der Waals surface area (Å²) in [4.78, 5) is 25.8. The van der Waals surface area contributed by atoms with Gasteiger partial charge in [-0.2, -0.15) is 0 Å². The Balaban J connectivity index is 1.57. The maximum atomic E-state index is 12.7. The second-order valence-electron chi connectivity index (χ2n) is 7.09. The molecule has 3 rings (SSSR count). The van der Waals surface area contributed by atoms with E-state index < -0.39 is 6.10 Å². The van der Waals surface area contributed by atoms with E-state index in [2.05, 4.69) is 5.32 Å². The molecule has 2 N–H and O–H groups in total. The lowest BCUT2D eigenvalue weighted by molar-refractivity contribution is -0.134. The van der Waals surface area contributed by atoms with Gasteiger partial charge in [-0.05, 0) is 37.5 Å². The molecule has 0 radical (unpaired) electrons. The number of fused-ring (bicyclic) bond motifs is 1. The Labute approximate surface area is 126 Å². The van der Waals surface area contributed by atoms with Crippen molar-refractivity contribution in [3.05, 3.63) is 0 Å². The fraction of sp³-hybridized carbons (Fsp3) is 0.875. The predicted molar refractivity (Wildman–Crippen MR) is 78.4 cm³/mol. The zero-order valence-corrected chi connectivity index (χ0v) is 12.8. The fourth-order valence-corrected chi connectivity index (χ4v) is 4.48. The smallest absolute Gasteiger partial charge is 0.225 e. The topological polar surface area (TPSA) is 69.6 Å². The molecule has 0 aromatic heterocycles. The van der Waals surface area contributed by atoms with E-state index in [4.69, 9.17) is 0 Å². The van der Waals surface area contributed by atoms with Crippen LogP contribution in [0.3, 0.4) is 0 Å². The predicted octanol–water partition coefficient (Wildman–Crippen LogP) is 0.911. The SMILES string of the molecule is CC(=O)N[C@H]1C[C@H](C(=O)N2C[C@H]3CCCC[C@H]3C2)C[C@@H]1O. The van der Waals surface area contributed by atoms with Gasteiger partial charge in [0, 0.05) is 25.9 Å². The van der Waals surface area contributed by atoms with Crippen LogP contribution in [-0.4, -0.2) is 47.1 Å². The lowest BCUT2D eigenvalue weighted by Crippen LogP contribution is -2.39. The van der Waals surface area contributed by atoms with Crippen LogP contribution in [0.15, 0.2) is 0 Å². The van der Waals surface area contributed by atoms with Gasteiger partial charge in [0.25, 0.3) is 0 Å². The number of hydrogen-bond acceptors (Lipinski definition) is 3. The molecule has 2 amide bonds. The first-order valence-corrected chi connectivity index (χ1v) is 8.28. The Kier molecular flexibility index (Phi) is 4.20. The fourth-order valence-electron chi connectivity index (χ4n) is 4.48. The molecule has 1 heterocycles. The maximum absolute atomic E-state index is 12.7. The van der Waals surface area contributed by atoms with E-state index >= 15 is 0 Å². The van der Waals surface area contributed by atoms with Crippen LogP contribution in [0.5, 0.6) is 0 Å². The van der Waals surface area contributed by atoms with Gasteiger partial charge in [0.15, 0.2) is 0 Å². The van der Waals surface area contributed by atoms with Gasteiger partial charge in [-0.1, -0.05) is 12.8 Å². The zero-order valence-electron chi connectivity index (χ0n) is 12.8. The summed E-state index contributed by atoms with van der Waals surface area (Å²) in [7, 11) is 0. The molecule has 0 spiro atoms. The number of aliphatic hydroxyl groups excluding tert-OH is 1. The van der Waals surface area contributed by atoms with Gasteiger partial charge in [-0.25, -0.2) is 0 Å². The Morgan fingerprint density at radius 3 is 2.29 bits per heavy atom. The number of carbonyl (C=O) groups excluding carboxylic acids is 2. The van der Waals surface area contributed by atoms with Gasteiger partial charge in [0.1, 0.15) is 0 Å². The molecule has 2 aliphatic carbocycles. The van der Waals surface area contributed by atoms with Crippen LogP contribution in [0.25, 0.3) is 0 Å². The second kappa shape index (κ2) is 5.95. The third kappa shape index (κ3) is 3.07. The van der Waals surface area contributed by atoms with Crippen LogP contribution in [0.1, 0.15) is 45.4 Å². The van der Waals surface area contributed by atoms with Crippen LogP contribution in [-0.2, 0) is 9.59 Å². The summed E-state index contributed by atoms with van der Waals surface area (Å²) in [6.45, 7) is 3.26. The van der Waals surface area contributed by atoms with Gasteiger partial charge < -0.3 is 15.3 Å². The first-order valence-electron chi connectivity index (χ1n) is 8.28. The molecule has 3 aliphatic rings. The molecule has 5 atom stereocenters. The number of amides is 2. The molecule has 0 aromatic carbocycles.